The van der Waals surface area contributed by atoms with Crippen LogP contribution in [-0.2, 0) is 9.59 Å². The average molecular weight is 396 g/mol. The van der Waals surface area contributed by atoms with Crippen LogP contribution in [0.4, 0.5) is 5.69 Å². The summed E-state index contributed by atoms with van der Waals surface area (Å²) in [5.74, 6) is -1.42. The zero-order chi connectivity index (χ0) is 18.7. The number of halogens is 2. The van der Waals surface area contributed by atoms with Crippen molar-refractivity contribution in [2.75, 3.05) is 31.5 Å². The van der Waals surface area contributed by atoms with E-state index in [1.165, 1.54) is 23.3 Å². The third-order valence-electron chi connectivity index (χ3n) is 3.96. The number of furan rings is 1. The smallest absolute Gasteiger partial charge is 0.313 e. The monoisotopic (exact) mass is 395 g/mol. The lowest BCUT2D eigenvalue weighted by Crippen LogP contribution is -2.52. The third kappa shape index (κ3) is 4.00. The van der Waals surface area contributed by atoms with Gasteiger partial charge in [-0.1, -0.05) is 23.2 Å². The zero-order valence-corrected chi connectivity index (χ0v) is 15.1. The fourth-order valence-corrected chi connectivity index (χ4v) is 2.87. The number of carbonyl (C=O) groups is 3. The molecule has 0 saturated carbocycles. The number of benzene rings is 1. The molecule has 7 nitrogen and oxygen atoms in total. The molecule has 1 aromatic carbocycles. The highest BCUT2D eigenvalue weighted by Crippen LogP contribution is 2.25. The van der Waals surface area contributed by atoms with Crippen molar-refractivity contribution in [3.63, 3.8) is 0 Å². The van der Waals surface area contributed by atoms with Crippen molar-refractivity contribution in [3.05, 3.63) is 52.4 Å². The fourth-order valence-electron chi connectivity index (χ4n) is 2.57. The second-order valence-electron chi connectivity index (χ2n) is 5.64. The average Bonchev–Trinajstić information content (AvgIpc) is 3.18. The van der Waals surface area contributed by atoms with Gasteiger partial charge in [0.15, 0.2) is 5.76 Å². The molecule has 1 aromatic heterocycles. The largest absolute Gasteiger partial charge is 0.459 e. The minimum absolute atomic E-state index is 0.234. The summed E-state index contributed by atoms with van der Waals surface area (Å²) < 4.78 is 5.09. The van der Waals surface area contributed by atoms with Gasteiger partial charge in [0, 0.05) is 31.9 Å². The molecule has 2 aromatic rings. The van der Waals surface area contributed by atoms with Gasteiger partial charge in [-0.15, -0.1) is 0 Å². The highest BCUT2D eigenvalue weighted by Gasteiger charge is 2.29. The predicted molar refractivity (Wildman–Crippen MR) is 96.3 cm³/mol. The Morgan fingerprint density at radius 1 is 0.962 bits per heavy atom. The molecule has 136 valence electrons. The highest BCUT2D eigenvalue weighted by molar-refractivity contribution is 6.42. The Hall–Kier alpha value is -2.51. The van der Waals surface area contributed by atoms with Crippen molar-refractivity contribution in [3.8, 4) is 0 Å². The van der Waals surface area contributed by atoms with Crippen molar-refractivity contribution in [1.29, 1.82) is 0 Å². The van der Waals surface area contributed by atoms with Gasteiger partial charge in [-0.05, 0) is 30.3 Å². The number of hydrogen-bond acceptors (Lipinski definition) is 4. The van der Waals surface area contributed by atoms with Crippen molar-refractivity contribution < 1.29 is 18.8 Å². The number of rotatable bonds is 2. The van der Waals surface area contributed by atoms with E-state index in [1.54, 1.807) is 23.1 Å². The van der Waals surface area contributed by atoms with Crippen LogP contribution in [0.2, 0.25) is 10.0 Å². The molecule has 3 rings (SSSR count). The summed E-state index contributed by atoms with van der Waals surface area (Å²) in [6.45, 7) is 1.18. The van der Waals surface area contributed by atoms with Crippen LogP contribution in [0, 0.1) is 0 Å². The van der Waals surface area contributed by atoms with E-state index in [1.807, 2.05) is 0 Å². The number of carbonyl (C=O) groups excluding carboxylic acids is 3. The van der Waals surface area contributed by atoms with Crippen LogP contribution in [0.25, 0.3) is 0 Å². The molecule has 0 spiro atoms. The second kappa shape index (κ2) is 7.80. The van der Waals surface area contributed by atoms with Crippen molar-refractivity contribution in [1.82, 2.24) is 9.80 Å². The summed E-state index contributed by atoms with van der Waals surface area (Å²) in [5, 5.41) is 3.13. The second-order valence-corrected chi connectivity index (χ2v) is 6.46. The summed E-state index contributed by atoms with van der Waals surface area (Å²) in [6, 6.07) is 7.78. The van der Waals surface area contributed by atoms with Gasteiger partial charge in [-0.3, -0.25) is 14.4 Å². The molecule has 9 heteroatoms. The summed E-state index contributed by atoms with van der Waals surface area (Å²) in [4.78, 5) is 39.6. The molecule has 0 aliphatic carbocycles. The van der Waals surface area contributed by atoms with Gasteiger partial charge in [0.25, 0.3) is 5.91 Å². The SMILES string of the molecule is O=C(Nc1ccc(Cl)c(Cl)c1)C(=O)N1CCN(C(=O)c2ccco2)CC1. The van der Waals surface area contributed by atoms with E-state index in [0.29, 0.717) is 23.8 Å². The van der Waals surface area contributed by atoms with Gasteiger partial charge in [0.2, 0.25) is 0 Å². The highest BCUT2D eigenvalue weighted by atomic mass is 35.5. The first kappa shape index (κ1) is 18.3. The molecule has 0 unspecified atom stereocenters. The molecular weight excluding hydrogens is 381 g/mol. The van der Waals surface area contributed by atoms with Crippen LogP contribution >= 0.6 is 23.2 Å². The van der Waals surface area contributed by atoms with Gasteiger partial charge in [0.05, 0.1) is 16.3 Å². The molecule has 2 heterocycles. The van der Waals surface area contributed by atoms with E-state index in [2.05, 4.69) is 5.32 Å². The summed E-state index contributed by atoms with van der Waals surface area (Å²) in [7, 11) is 0. The molecule has 0 bridgehead atoms. The van der Waals surface area contributed by atoms with E-state index in [-0.39, 0.29) is 29.8 Å². The molecule has 0 atom stereocenters. The number of nitrogens with one attached hydrogen (secondary N) is 1. The number of anilines is 1. The molecule has 1 N–H and O–H groups in total. The topological polar surface area (TPSA) is 82.9 Å². The van der Waals surface area contributed by atoms with Gasteiger partial charge in [-0.25, -0.2) is 0 Å². The molecule has 3 amide bonds. The van der Waals surface area contributed by atoms with Crippen molar-refractivity contribution in [2.45, 2.75) is 0 Å². The summed E-state index contributed by atoms with van der Waals surface area (Å²) in [5.41, 5.74) is 0.379. The number of piperazine rings is 1. The predicted octanol–water partition coefficient (Wildman–Crippen LogP) is 2.51. The molecule has 1 fully saturated rings. The minimum atomic E-state index is -0.769. The quantitative estimate of drug-likeness (QED) is 0.791. The van der Waals surface area contributed by atoms with E-state index in [4.69, 9.17) is 27.6 Å². The Balaban J connectivity index is 1.55. The first-order chi connectivity index (χ1) is 12.5. The van der Waals surface area contributed by atoms with E-state index in [0.717, 1.165) is 0 Å². The third-order valence-corrected chi connectivity index (χ3v) is 4.70. The van der Waals surface area contributed by atoms with E-state index >= 15 is 0 Å². The van der Waals surface area contributed by atoms with Crippen molar-refractivity contribution >= 4 is 46.6 Å². The standard InChI is InChI=1S/C17H15Cl2N3O4/c18-12-4-3-11(10-13(12)19)20-15(23)17(25)22-7-5-21(6-8-22)16(24)14-2-1-9-26-14/h1-4,9-10H,5-8H2,(H,20,23). The normalized spacial score (nSPS) is 14.2. The molecule has 26 heavy (non-hydrogen) atoms. The van der Waals surface area contributed by atoms with Crippen LogP contribution in [0.1, 0.15) is 10.6 Å². The van der Waals surface area contributed by atoms with E-state index in [9.17, 15) is 14.4 Å². The molecule has 0 radical (unpaired) electrons. The lowest BCUT2D eigenvalue weighted by Gasteiger charge is -2.33. The first-order valence-electron chi connectivity index (χ1n) is 7.84. The van der Waals surface area contributed by atoms with Gasteiger partial charge < -0.3 is 19.5 Å². The molecule has 1 aliphatic heterocycles. The summed E-state index contributed by atoms with van der Waals surface area (Å²) in [6.07, 6.45) is 1.43. The van der Waals surface area contributed by atoms with Gasteiger partial charge >= 0.3 is 11.8 Å². The maximum atomic E-state index is 12.3. The number of nitrogens with zero attached hydrogens (tertiary/aromatic N) is 2. The Kier molecular flexibility index (Phi) is 5.49. The number of hydrogen-bond donors (Lipinski definition) is 1. The Labute approximate surface area is 159 Å². The Morgan fingerprint density at radius 2 is 1.65 bits per heavy atom. The van der Waals surface area contributed by atoms with Crippen LogP contribution in [-0.4, -0.2) is 53.7 Å². The van der Waals surface area contributed by atoms with Crippen LogP contribution in [0.5, 0.6) is 0 Å². The zero-order valence-electron chi connectivity index (χ0n) is 13.6. The fraction of sp³-hybridized carbons (Fsp3) is 0.235. The molecule has 1 saturated heterocycles. The maximum Gasteiger partial charge on any atom is 0.313 e. The van der Waals surface area contributed by atoms with Crippen LogP contribution in [0.15, 0.2) is 41.0 Å². The first-order valence-corrected chi connectivity index (χ1v) is 8.59. The Morgan fingerprint density at radius 3 is 2.27 bits per heavy atom. The van der Waals surface area contributed by atoms with Crippen LogP contribution in [0.3, 0.4) is 0 Å². The maximum absolute atomic E-state index is 12.3. The van der Waals surface area contributed by atoms with Crippen molar-refractivity contribution in [2.24, 2.45) is 0 Å². The lowest BCUT2D eigenvalue weighted by atomic mass is 10.2. The Bertz CT molecular complexity index is 831. The number of amides is 3. The summed E-state index contributed by atoms with van der Waals surface area (Å²) >= 11 is 11.7. The molecule has 1 aliphatic rings. The van der Waals surface area contributed by atoms with Crippen LogP contribution < -0.4 is 5.32 Å². The lowest BCUT2D eigenvalue weighted by molar-refractivity contribution is -0.144. The van der Waals surface area contributed by atoms with Gasteiger partial charge in [0.1, 0.15) is 0 Å². The van der Waals surface area contributed by atoms with E-state index < -0.39 is 11.8 Å². The molecular formula is C17H15Cl2N3O4. The minimum Gasteiger partial charge on any atom is -0.459 e. The van der Waals surface area contributed by atoms with Gasteiger partial charge in [-0.2, -0.15) is 0 Å².